The van der Waals surface area contributed by atoms with E-state index in [2.05, 4.69) is 57.3 Å². The lowest BCUT2D eigenvalue weighted by Gasteiger charge is -2.41. The van der Waals surface area contributed by atoms with Crippen molar-refractivity contribution in [1.82, 2.24) is 5.32 Å². The lowest BCUT2D eigenvalue weighted by Crippen LogP contribution is -2.43. The Morgan fingerprint density at radius 1 is 1.15 bits per heavy atom. The van der Waals surface area contributed by atoms with E-state index in [9.17, 15) is 0 Å². The van der Waals surface area contributed by atoms with Gasteiger partial charge in [0.25, 0.3) is 0 Å². The zero-order chi connectivity index (χ0) is 14.6. The van der Waals surface area contributed by atoms with Gasteiger partial charge in [0.1, 0.15) is 0 Å². The van der Waals surface area contributed by atoms with Crippen LogP contribution in [0.15, 0.2) is 24.3 Å². The van der Waals surface area contributed by atoms with E-state index in [4.69, 9.17) is 0 Å². The Hall–Kier alpha value is -0.820. The third-order valence-electron chi connectivity index (χ3n) is 4.74. The molecule has 1 aromatic carbocycles. The first-order valence-electron chi connectivity index (χ1n) is 8.35. The van der Waals surface area contributed by atoms with Crippen LogP contribution in [0.25, 0.3) is 0 Å². The van der Waals surface area contributed by atoms with E-state index in [-0.39, 0.29) is 0 Å². The monoisotopic (exact) mass is 273 g/mol. The van der Waals surface area contributed by atoms with Crippen molar-refractivity contribution in [3.8, 4) is 0 Å². The second-order valence-corrected chi connectivity index (χ2v) is 7.26. The van der Waals surface area contributed by atoms with Crippen LogP contribution < -0.4 is 5.32 Å². The summed E-state index contributed by atoms with van der Waals surface area (Å²) in [6, 6.07) is 9.72. The molecule has 0 spiro atoms. The molecule has 0 fully saturated rings. The SMILES string of the molecule is CC(C)CCC1(CNC(C)C)CCCc2ccccc21. The molecule has 1 aliphatic rings. The Balaban J connectivity index is 2.26. The van der Waals surface area contributed by atoms with E-state index >= 15 is 0 Å². The molecule has 0 aromatic heterocycles. The van der Waals surface area contributed by atoms with Crippen LogP contribution in [-0.4, -0.2) is 12.6 Å². The Morgan fingerprint density at radius 2 is 1.90 bits per heavy atom. The van der Waals surface area contributed by atoms with Gasteiger partial charge in [-0.15, -0.1) is 0 Å². The first-order chi connectivity index (χ1) is 9.53. The number of benzene rings is 1. The minimum absolute atomic E-state index is 0.364. The predicted molar refractivity (Wildman–Crippen MR) is 88.3 cm³/mol. The number of nitrogens with one attached hydrogen (secondary N) is 1. The lowest BCUT2D eigenvalue weighted by molar-refractivity contribution is 0.287. The maximum Gasteiger partial charge on any atom is 0.00808 e. The van der Waals surface area contributed by atoms with Gasteiger partial charge in [-0.3, -0.25) is 0 Å². The standard InChI is InChI=1S/C19H31N/c1-15(2)11-13-19(14-20-16(3)4)12-7-9-17-8-5-6-10-18(17)19/h5-6,8,10,15-16,20H,7,9,11-14H2,1-4H3. The molecule has 1 heteroatoms. The summed E-state index contributed by atoms with van der Waals surface area (Å²) < 4.78 is 0. The lowest BCUT2D eigenvalue weighted by atomic mass is 9.66. The molecule has 20 heavy (non-hydrogen) atoms. The Kier molecular flexibility index (Phi) is 5.26. The smallest absolute Gasteiger partial charge is 0.00808 e. The second kappa shape index (κ2) is 6.76. The van der Waals surface area contributed by atoms with E-state index in [1.807, 2.05) is 0 Å². The van der Waals surface area contributed by atoms with Crippen LogP contribution in [-0.2, 0) is 11.8 Å². The van der Waals surface area contributed by atoms with Crippen LogP contribution in [0.2, 0.25) is 0 Å². The topological polar surface area (TPSA) is 12.0 Å². The summed E-state index contributed by atoms with van der Waals surface area (Å²) in [6.07, 6.45) is 6.60. The fourth-order valence-corrected chi connectivity index (χ4v) is 3.50. The van der Waals surface area contributed by atoms with Gasteiger partial charge in [-0.05, 0) is 42.7 Å². The fourth-order valence-electron chi connectivity index (χ4n) is 3.50. The number of rotatable bonds is 6. The summed E-state index contributed by atoms with van der Waals surface area (Å²) in [5.41, 5.74) is 3.58. The second-order valence-electron chi connectivity index (χ2n) is 7.26. The predicted octanol–water partition coefficient (Wildman–Crippen LogP) is 4.69. The minimum atomic E-state index is 0.364. The maximum atomic E-state index is 3.72. The molecule has 0 aliphatic heterocycles. The van der Waals surface area contributed by atoms with Crippen LogP contribution in [0.3, 0.4) is 0 Å². The molecule has 0 heterocycles. The average Bonchev–Trinajstić information content (AvgIpc) is 2.43. The minimum Gasteiger partial charge on any atom is -0.314 e. The fraction of sp³-hybridized carbons (Fsp3) is 0.684. The van der Waals surface area contributed by atoms with Crippen molar-refractivity contribution in [2.75, 3.05) is 6.54 Å². The first-order valence-corrected chi connectivity index (χ1v) is 8.35. The van der Waals surface area contributed by atoms with Gasteiger partial charge >= 0.3 is 0 Å². The quantitative estimate of drug-likeness (QED) is 0.792. The van der Waals surface area contributed by atoms with Gasteiger partial charge in [-0.1, -0.05) is 58.4 Å². The Labute approximate surface area is 125 Å². The molecule has 0 radical (unpaired) electrons. The van der Waals surface area contributed by atoms with Crippen LogP contribution in [0.1, 0.15) is 64.5 Å². The van der Waals surface area contributed by atoms with E-state index in [0.717, 1.165) is 12.5 Å². The average molecular weight is 273 g/mol. The van der Waals surface area contributed by atoms with Gasteiger partial charge in [-0.2, -0.15) is 0 Å². The molecular weight excluding hydrogens is 242 g/mol. The van der Waals surface area contributed by atoms with E-state index in [0.29, 0.717) is 11.5 Å². The van der Waals surface area contributed by atoms with Gasteiger partial charge in [0.05, 0.1) is 0 Å². The Bertz CT molecular complexity index is 408. The highest BCUT2D eigenvalue weighted by Crippen LogP contribution is 2.41. The molecule has 1 aliphatic carbocycles. The van der Waals surface area contributed by atoms with Gasteiger partial charge in [0.15, 0.2) is 0 Å². The van der Waals surface area contributed by atoms with Gasteiger partial charge < -0.3 is 5.32 Å². The third kappa shape index (κ3) is 3.63. The van der Waals surface area contributed by atoms with Gasteiger partial charge in [0.2, 0.25) is 0 Å². The summed E-state index contributed by atoms with van der Waals surface area (Å²) in [7, 11) is 0. The highest BCUT2D eigenvalue weighted by Gasteiger charge is 2.35. The van der Waals surface area contributed by atoms with E-state index < -0.39 is 0 Å². The summed E-state index contributed by atoms with van der Waals surface area (Å²) in [5.74, 6) is 0.792. The van der Waals surface area contributed by atoms with Crippen molar-refractivity contribution in [3.05, 3.63) is 35.4 Å². The summed E-state index contributed by atoms with van der Waals surface area (Å²) in [4.78, 5) is 0. The Morgan fingerprint density at radius 3 is 2.60 bits per heavy atom. The number of fused-ring (bicyclic) bond motifs is 1. The summed E-state index contributed by atoms with van der Waals surface area (Å²) >= 11 is 0. The van der Waals surface area contributed by atoms with E-state index in [1.54, 1.807) is 11.1 Å². The zero-order valence-corrected chi connectivity index (χ0v) is 13.7. The highest BCUT2D eigenvalue weighted by atomic mass is 14.9. The van der Waals surface area contributed by atoms with Crippen molar-refractivity contribution in [3.63, 3.8) is 0 Å². The first kappa shape index (κ1) is 15.6. The molecule has 1 nitrogen and oxygen atoms in total. The largest absolute Gasteiger partial charge is 0.314 e. The number of aryl methyl sites for hydroxylation is 1. The molecule has 0 bridgehead atoms. The molecule has 0 saturated heterocycles. The zero-order valence-electron chi connectivity index (χ0n) is 13.7. The van der Waals surface area contributed by atoms with Crippen molar-refractivity contribution >= 4 is 0 Å². The molecule has 0 saturated carbocycles. The molecule has 0 amide bonds. The van der Waals surface area contributed by atoms with Crippen molar-refractivity contribution in [1.29, 1.82) is 0 Å². The van der Waals surface area contributed by atoms with Crippen LogP contribution in [0, 0.1) is 5.92 Å². The molecule has 112 valence electrons. The normalized spacial score (nSPS) is 22.3. The van der Waals surface area contributed by atoms with Crippen LogP contribution in [0.5, 0.6) is 0 Å². The summed E-state index contributed by atoms with van der Waals surface area (Å²) in [5, 5.41) is 3.72. The van der Waals surface area contributed by atoms with Gasteiger partial charge in [0, 0.05) is 18.0 Å². The number of hydrogen-bond acceptors (Lipinski definition) is 1. The van der Waals surface area contributed by atoms with Gasteiger partial charge in [-0.25, -0.2) is 0 Å². The van der Waals surface area contributed by atoms with Crippen molar-refractivity contribution in [2.24, 2.45) is 5.92 Å². The van der Waals surface area contributed by atoms with Crippen LogP contribution in [0.4, 0.5) is 0 Å². The van der Waals surface area contributed by atoms with Crippen molar-refractivity contribution in [2.45, 2.75) is 71.3 Å². The van der Waals surface area contributed by atoms with Crippen LogP contribution >= 0.6 is 0 Å². The van der Waals surface area contributed by atoms with E-state index in [1.165, 1.54) is 32.1 Å². The maximum absolute atomic E-state index is 3.72. The molecular formula is C19H31N. The highest BCUT2D eigenvalue weighted by molar-refractivity contribution is 5.37. The molecule has 1 unspecified atom stereocenters. The van der Waals surface area contributed by atoms with Crippen molar-refractivity contribution < 1.29 is 0 Å². The molecule has 2 rings (SSSR count). The number of hydrogen-bond donors (Lipinski definition) is 1. The molecule has 1 N–H and O–H groups in total. The summed E-state index contributed by atoms with van der Waals surface area (Å²) in [6.45, 7) is 10.3. The third-order valence-corrected chi connectivity index (χ3v) is 4.74. The molecule has 1 atom stereocenters. The molecule has 1 aromatic rings.